The standard InChI is InChI=1S/C11H19NO/c1-9(2)7-10(13)8-11(3,4)12-5-6-12/h7H,5-6,8H2,1-4H3. The average molecular weight is 181 g/mol. The summed E-state index contributed by atoms with van der Waals surface area (Å²) in [5.74, 6) is 0.247. The molecule has 0 radical (unpaired) electrons. The minimum Gasteiger partial charge on any atom is -0.295 e. The monoisotopic (exact) mass is 181 g/mol. The van der Waals surface area contributed by atoms with Crippen LogP contribution >= 0.6 is 0 Å². The number of hydrogen-bond donors (Lipinski definition) is 0. The largest absolute Gasteiger partial charge is 0.295 e. The molecule has 1 heterocycles. The first kappa shape index (κ1) is 10.5. The lowest BCUT2D eigenvalue weighted by Gasteiger charge is -2.24. The molecule has 0 unspecified atom stereocenters. The summed E-state index contributed by atoms with van der Waals surface area (Å²) in [6, 6.07) is 0. The van der Waals surface area contributed by atoms with Crippen molar-refractivity contribution in [1.82, 2.24) is 4.90 Å². The molecule has 0 saturated carbocycles. The molecule has 0 aromatic rings. The van der Waals surface area contributed by atoms with E-state index in [-0.39, 0.29) is 11.3 Å². The maximum atomic E-state index is 11.5. The van der Waals surface area contributed by atoms with E-state index >= 15 is 0 Å². The highest BCUT2D eigenvalue weighted by atomic mass is 16.1. The topological polar surface area (TPSA) is 20.1 Å². The second-order valence-corrected chi connectivity index (χ2v) is 4.66. The van der Waals surface area contributed by atoms with Crippen molar-refractivity contribution >= 4 is 5.78 Å². The molecule has 1 fully saturated rings. The molecule has 2 heteroatoms. The Morgan fingerprint density at radius 3 is 2.31 bits per heavy atom. The molecule has 0 atom stereocenters. The van der Waals surface area contributed by atoms with E-state index in [9.17, 15) is 4.79 Å². The van der Waals surface area contributed by atoms with E-state index in [0.717, 1.165) is 18.7 Å². The van der Waals surface area contributed by atoms with Gasteiger partial charge < -0.3 is 0 Å². The van der Waals surface area contributed by atoms with Gasteiger partial charge in [-0.1, -0.05) is 5.57 Å². The van der Waals surface area contributed by atoms with Crippen LogP contribution in [0.25, 0.3) is 0 Å². The third kappa shape index (κ3) is 3.31. The van der Waals surface area contributed by atoms with Gasteiger partial charge in [0.2, 0.25) is 0 Å². The zero-order valence-electron chi connectivity index (χ0n) is 9.05. The zero-order valence-corrected chi connectivity index (χ0v) is 9.05. The van der Waals surface area contributed by atoms with Crippen molar-refractivity contribution in [3.05, 3.63) is 11.6 Å². The first-order valence-electron chi connectivity index (χ1n) is 4.84. The molecule has 0 aromatic carbocycles. The minimum absolute atomic E-state index is 0.0586. The Bertz CT molecular complexity index is 232. The Labute approximate surface area is 80.6 Å². The highest BCUT2D eigenvalue weighted by molar-refractivity contribution is 5.91. The molecule has 1 rings (SSSR count). The Morgan fingerprint density at radius 1 is 1.38 bits per heavy atom. The highest BCUT2D eigenvalue weighted by Gasteiger charge is 2.35. The van der Waals surface area contributed by atoms with E-state index in [1.54, 1.807) is 6.08 Å². The maximum Gasteiger partial charge on any atom is 0.157 e. The van der Waals surface area contributed by atoms with E-state index < -0.39 is 0 Å². The van der Waals surface area contributed by atoms with Gasteiger partial charge in [-0.2, -0.15) is 0 Å². The molecular formula is C11H19NO. The highest BCUT2D eigenvalue weighted by Crippen LogP contribution is 2.25. The predicted octanol–water partition coefficient (Wildman–Crippen LogP) is 2.01. The van der Waals surface area contributed by atoms with Gasteiger partial charge in [-0.25, -0.2) is 0 Å². The molecule has 0 N–H and O–H groups in total. The van der Waals surface area contributed by atoms with Gasteiger partial charge in [0, 0.05) is 25.0 Å². The second-order valence-electron chi connectivity index (χ2n) is 4.66. The number of rotatable bonds is 4. The lowest BCUT2D eigenvalue weighted by molar-refractivity contribution is -0.116. The Morgan fingerprint density at radius 2 is 1.92 bits per heavy atom. The van der Waals surface area contributed by atoms with Crippen LogP contribution < -0.4 is 0 Å². The third-order valence-electron chi connectivity index (χ3n) is 2.36. The zero-order chi connectivity index (χ0) is 10.1. The summed E-state index contributed by atoms with van der Waals surface area (Å²) in [6.07, 6.45) is 2.38. The van der Waals surface area contributed by atoms with Crippen LogP contribution in [-0.4, -0.2) is 29.3 Å². The summed E-state index contributed by atoms with van der Waals surface area (Å²) in [7, 11) is 0. The summed E-state index contributed by atoms with van der Waals surface area (Å²) in [5.41, 5.74) is 1.15. The van der Waals surface area contributed by atoms with Crippen LogP contribution in [0.2, 0.25) is 0 Å². The molecule has 0 aromatic heterocycles. The minimum atomic E-state index is 0.0586. The predicted molar refractivity (Wildman–Crippen MR) is 54.7 cm³/mol. The maximum absolute atomic E-state index is 11.5. The van der Waals surface area contributed by atoms with E-state index in [1.165, 1.54) is 0 Å². The fourth-order valence-corrected chi connectivity index (χ4v) is 1.57. The molecule has 74 valence electrons. The van der Waals surface area contributed by atoms with Gasteiger partial charge in [0.25, 0.3) is 0 Å². The van der Waals surface area contributed by atoms with Crippen LogP contribution in [0, 0.1) is 0 Å². The number of allylic oxidation sites excluding steroid dienone is 2. The van der Waals surface area contributed by atoms with Crippen molar-refractivity contribution in [1.29, 1.82) is 0 Å². The normalized spacial score (nSPS) is 16.9. The van der Waals surface area contributed by atoms with E-state index in [2.05, 4.69) is 18.7 Å². The molecule has 0 spiro atoms. The summed E-state index contributed by atoms with van der Waals surface area (Å²) in [6.45, 7) is 10.5. The summed E-state index contributed by atoms with van der Waals surface area (Å²) in [4.78, 5) is 13.8. The van der Waals surface area contributed by atoms with Crippen molar-refractivity contribution in [3.8, 4) is 0 Å². The van der Waals surface area contributed by atoms with Crippen molar-refractivity contribution in [2.45, 2.75) is 39.7 Å². The summed E-state index contributed by atoms with van der Waals surface area (Å²) >= 11 is 0. The number of ketones is 1. The molecule has 1 aliphatic heterocycles. The number of nitrogens with zero attached hydrogens (tertiary/aromatic N) is 1. The molecule has 1 saturated heterocycles. The molecule has 0 aliphatic carbocycles. The van der Waals surface area contributed by atoms with Gasteiger partial charge >= 0.3 is 0 Å². The molecule has 0 bridgehead atoms. The van der Waals surface area contributed by atoms with Crippen molar-refractivity contribution < 1.29 is 4.79 Å². The van der Waals surface area contributed by atoms with E-state index in [4.69, 9.17) is 0 Å². The quantitative estimate of drug-likeness (QED) is 0.488. The Kier molecular flexibility index (Phi) is 2.91. The van der Waals surface area contributed by atoms with Crippen LogP contribution in [0.3, 0.4) is 0 Å². The average Bonchev–Trinajstić information content (AvgIpc) is 2.60. The van der Waals surface area contributed by atoms with Crippen LogP contribution in [-0.2, 0) is 4.79 Å². The first-order chi connectivity index (χ1) is 5.92. The Hall–Kier alpha value is -0.630. The van der Waals surface area contributed by atoms with Crippen molar-refractivity contribution in [2.24, 2.45) is 0 Å². The molecule has 13 heavy (non-hydrogen) atoms. The van der Waals surface area contributed by atoms with Crippen LogP contribution in [0.4, 0.5) is 0 Å². The number of hydrogen-bond acceptors (Lipinski definition) is 2. The fourth-order valence-electron chi connectivity index (χ4n) is 1.57. The van der Waals surface area contributed by atoms with Crippen molar-refractivity contribution in [3.63, 3.8) is 0 Å². The van der Waals surface area contributed by atoms with Crippen molar-refractivity contribution in [2.75, 3.05) is 13.1 Å². The van der Waals surface area contributed by atoms with E-state index in [1.807, 2.05) is 13.8 Å². The van der Waals surface area contributed by atoms with Crippen LogP contribution in [0.1, 0.15) is 34.1 Å². The fraction of sp³-hybridized carbons (Fsp3) is 0.727. The van der Waals surface area contributed by atoms with Crippen LogP contribution in [0.15, 0.2) is 11.6 Å². The smallest absolute Gasteiger partial charge is 0.157 e. The molecule has 0 amide bonds. The van der Waals surface area contributed by atoms with Gasteiger partial charge in [0.15, 0.2) is 5.78 Å². The van der Waals surface area contributed by atoms with E-state index in [0.29, 0.717) is 6.42 Å². The lowest BCUT2D eigenvalue weighted by atomic mass is 9.97. The second kappa shape index (κ2) is 3.62. The molecular weight excluding hydrogens is 162 g/mol. The lowest BCUT2D eigenvalue weighted by Crippen LogP contribution is -2.32. The summed E-state index contributed by atoms with van der Waals surface area (Å²) in [5, 5.41) is 0. The van der Waals surface area contributed by atoms with Gasteiger partial charge in [0.1, 0.15) is 0 Å². The molecule has 1 aliphatic rings. The van der Waals surface area contributed by atoms with Gasteiger partial charge in [-0.3, -0.25) is 9.69 Å². The number of carbonyl (C=O) groups excluding carboxylic acids is 1. The van der Waals surface area contributed by atoms with Gasteiger partial charge in [-0.05, 0) is 33.8 Å². The molecule has 2 nitrogen and oxygen atoms in total. The summed E-state index contributed by atoms with van der Waals surface area (Å²) < 4.78 is 0. The van der Waals surface area contributed by atoms with Crippen LogP contribution in [0.5, 0.6) is 0 Å². The van der Waals surface area contributed by atoms with Gasteiger partial charge in [-0.15, -0.1) is 0 Å². The first-order valence-corrected chi connectivity index (χ1v) is 4.84. The third-order valence-corrected chi connectivity index (χ3v) is 2.36. The van der Waals surface area contributed by atoms with Gasteiger partial charge in [0.05, 0.1) is 0 Å². The number of carbonyl (C=O) groups is 1. The Balaban J connectivity index is 2.47. The SMILES string of the molecule is CC(C)=CC(=O)CC(C)(C)N1CC1.